The predicted molar refractivity (Wildman–Crippen MR) is 102 cm³/mol. The van der Waals surface area contributed by atoms with Crippen molar-refractivity contribution in [2.75, 3.05) is 0 Å². The number of aryl methyl sites for hydroxylation is 2. The highest BCUT2D eigenvalue weighted by Crippen LogP contribution is 2.24. The highest BCUT2D eigenvalue weighted by molar-refractivity contribution is 14.1. The van der Waals surface area contributed by atoms with Gasteiger partial charge in [-0.3, -0.25) is 4.79 Å². The van der Waals surface area contributed by atoms with Gasteiger partial charge in [-0.1, -0.05) is 0 Å². The van der Waals surface area contributed by atoms with Crippen LogP contribution in [0.4, 0.5) is 8.78 Å². The zero-order chi connectivity index (χ0) is 17.7. The second kappa shape index (κ2) is 8.90. The number of rotatable bonds is 2. The fraction of sp³-hybridized carbons (Fsp3) is 0.333. The fourth-order valence-electron chi connectivity index (χ4n) is 1.64. The lowest BCUT2D eigenvalue weighted by molar-refractivity contribution is -0.0534. The third-order valence-electron chi connectivity index (χ3n) is 3.01. The summed E-state index contributed by atoms with van der Waals surface area (Å²) in [7, 11) is 0. The molecule has 0 spiro atoms. The largest absolute Gasteiger partial charge is 0.417 e. The van der Waals surface area contributed by atoms with Gasteiger partial charge in [-0.15, -0.1) is 0 Å². The van der Waals surface area contributed by atoms with Gasteiger partial charge >= 0.3 is 6.61 Å². The van der Waals surface area contributed by atoms with Crippen LogP contribution in [-0.2, 0) is 0 Å². The van der Waals surface area contributed by atoms with Crippen molar-refractivity contribution in [3.63, 3.8) is 0 Å². The van der Waals surface area contributed by atoms with Crippen molar-refractivity contribution in [1.82, 2.24) is 9.97 Å². The lowest BCUT2D eigenvalue weighted by atomic mass is 10.2. The second-order valence-corrected chi connectivity index (χ2v) is 6.96. The molecule has 2 aromatic heterocycles. The lowest BCUT2D eigenvalue weighted by Crippen LogP contribution is -2.11. The molecule has 0 saturated carbocycles. The molecule has 0 bridgehead atoms. The van der Waals surface area contributed by atoms with Gasteiger partial charge in [0, 0.05) is 30.7 Å². The van der Waals surface area contributed by atoms with Crippen molar-refractivity contribution >= 4 is 45.2 Å². The van der Waals surface area contributed by atoms with Crippen LogP contribution in [0, 0.1) is 34.8 Å². The van der Waals surface area contributed by atoms with Crippen LogP contribution in [0.5, 0.6) is 5.88 Å². The van der Waals surface area contributed by atoms with Gasteiger partial charge < -0.3 is 9.72 Å². The van der Waals surface area contributed by atoms with Crippen molar-refractivity contribution < 1.29 is 13.5 Å². The zero-order valence-electron chi connectivity index (χ0n) is 13.0. The van der Waals surface area contributed by atoms with Crippen molar-refractivity contribution in [3.8, 4) is 5.88 Å². The molecule has 2 aromatic rings. The first-order valence-electron chi connectivity index (χ1n) is 6.56. The molecular weight excluding hydrogens is 532 g/mol. The number of hydrogen-bond donors (Lipinski definition) is 1. The molecule has 4 nitrogen and oxygen atoms in total. The zero-order valence-corrected chi connectivity index (χ0v) is 17.3. The minimum absolute atomic E-state index is 0.00463. The number of ether oxygens (including phenoxy) is 1. The van der Waals surface area contributed by atoms with Crippen LogP contribution in [0.1, 0.15) is 22.3 Å². The maximum absolute atomic E-state index is 11.9. The van der Waals surface area contributed by atoms with E-state index >= 15 is 0 Å². The Morgan fingerprint density at radius 2 is 1.65 bits per heavy atom. The molecule has 0 unspecified atom stereocenters. The molecule has 2 rings (SSSR count). The van der Waals surface area contributed by atoms with Crippen molar-refractivity contribution in [1.29, 1.82) is 0 Å². The summed E-state index contributed by atoms with van der Waals surface area (Å²) < 4.78 is 29.9. The Balaban J connectivity index is 0.000000238. The number of aromatic amines is 1. The Morgan fingerprint density at radius 3 is 2.17 bits per heavy atom. The Labute approximate surface area is 160 Å². The number of pyridine rings is 2. The first kappa shape index (κ1) is 20.3. The topological polar surface area (TPSA) is 55.0 Å². The van der Waals surface area contributed by atoms with Gasteiger partial charge in [-0.25, -0.2) is 4.98 Å². The van der Waals surface area contributed by atoms with E-state index in [2.05, 4.69) is 59.9 Å². The van der Waals surface area contributed by atoms with Crippen LogP contribution in [-0.4, -0.2) is 16.6 Å². The average Bonchev–Trinajstić information content (AvgIpc) is 2.50. The van der Waals surface area contributed by atoms with Crippen molar-refractivity contribution in [2.45, 2.75) is 34.3 Å². The van der Waals surface area contributed by atoms with Crippen molar-refractivity contribution in [3.05, 3.63) is 52.1 Å². The number of halogens is 4. The summed E-state index contributed by atoms with van der Waals surface area (Å²) in [4.78, 5) is 17.4. The minimum atomic E-state index is -2.82. The van der Waals surface area contributed by atoms with Gasteiger partial charge in [0.2, 0.25) is 5.88 Å². The van der Waals surface area contributed by atoms with Crippen LogP contribution in [0.25, 0.3) is 0 Å². The highest BCUT2D eigenvalue weighted by Gasteiger charge is 2.11. The quantitative estimate of drug-likeness (QED) is 0.563. The molecule has 0 aliphatic heterocycles. The van der Waals surface area contributed by atoms with Crippen LogP contribution in [0.3, 0.4) is 0 Å². The molecule has 0 aromatic carbocycles. The molecule has 1 N–H and O–H groups in total. The van der Waals surface area contributed by atoms with Gasteiger partial charge in [-0.2, -0.15) is 8.78 Å². The molecule has 0 saturated heterocycles. The van der Waals surface area contributed by atoms with E-state index in [1.165, 1.54) is 6.20 Å². The van der Waals surface area contributed by atoms with Gasteiger partial charge in [0.15, 0.2) is 0 Å². The lowest BCUT2D eigenvalue weighted by Gasteiger charge is -2.08. The minimum Gasteiger partial charge on any atom is -0.417 e. The van der Waals surface area contributed by atoms with Crippen LogP contribution in [0.15, 0.2) is 17.2 Å². The molecular formula is C15H16F2I2N2O2. The van der Waals surface area contributed by atoms with E-state index in [0.29, 0.717) is 5.56 Å². The van der Waals surface area contributed by atoms with Gasteiger partial charge in [0.1, 0.15) is 0 Å². The predicted octanol–water partition coefficient (Wildman–Crippen LogP) is 4.50. The number of H-pyrrole nitrogens is 1. The molecule has 0 atom stereocenters. The summed E-state index contributed by atoms with van der Waals surface area (Å²) in [6, 6.07) is 0. The van der Waals surface area contributed by atoms with Crippen LogP contribution >= 0.6 is 45.2 Å². The smallest absolute Gasteiger partial charge is 0.388 e. The van der Waals surface area contributed by atoms with Gasteiger partial charge in [0.25, 0.3) is 5.56 Å². The van der Waals surface area contributed by atoms with Crippen LogP contribution < -0.4 is 10.3 Å². The Hall–Kier alpha value is -0.780. The summed E-state index contributed by atoms with van der Waals surface area (Å²) >= 11 is 4.25. The first-order valence-corrected chi connectivity index (χ1v) is 8.71. The molecule has 0 aliphatic carbocycles. The monoisotopic (exact) mass is 548 g/mol. The van der Waals surface area contributed by atoms with E-state index in [4.69, 9.17) is 0 Å². The molecule has 0 radical (unpaired) electrons. The number of nitrogens with one attached hydrogen (secondary N) is 1. The summed E-state index contributed by atoms with van der Waals surface area (Å²) in [5.74, 6) is 0.00463. The maximum Gasteiger partial charge on any atom is 0.388 e. The molecule has 0 aliphatic rings. The number of hydrogen-bond acceptors (Lipinski definition) is 3. The van der Waals surface area contributed by atoms with Gasteiger partial charge in [-0.05, 0) is 84.0 Å². The molecule has 8 heteroatoms. The third-order valence-corrected chi connectivity index (χ3v) is 6.33. The second-order valence-electron chi connectivity index (χ2n) is 4.80. The summed E-state index contributed by atoms with van der Waals surface area (Å²) in [5.41, 5.74) is 3.55. The highest BCUT2D eigenvalue weighted by atomic mass is 127. The third kappa shape index (κ3) is 5.66. The molecule has 0 amide bonds. The maximum atomic E-state index is 11.9. The first-order chi connectivity index (χ1) is 10.6. The Bertz CT molecular complexity index is 749. The van der Waals surface area contributed by atoms with Crippen LogP contribution in [0.2, 0.25) is 0 Å². The molecule has 126 valence electrons. The standard InChI is InChI=1S/C8H8F2INO.C7H8INO/c1-4-3-12-7(13-8(9)10)5(2)6(4)11;1-4-3-9-7(10)5(2)6(4)8/h3,8H,1-2H3;3H,1-2H3,(H,9,10). The SMILES string of the molecule is Cc1c[nH]c(=O)c(C)c1I.Cc1cnc(OC(F)F)c(C)c1I. The average molecular weight is 548 g/mol. The fourth-order valence-corrected chi connectivity index (χ4v) is 2.41. The van der Waals surface area contributed by atoms with E-state index < -0.39 is 6.61 Å². The van der Waals surface area contributed by atoms with E-state index in [1.54, 1.807) is 13.1 Å². The molecule has 2 heterocycles. The molecule has 0 fully saturated rings. The summed E-state index contributed by atoms with van der Waals surface area (Å²) in [6.07, 6.45) is 3.25. The number of alkyl halides is 2. The molecule has 23 heavy (non-hydrogen) atoms. The van der Waals surface area contributed by atoms with Gasteiger partial charge in [0.05, 0.1) is 0 Å². The number of aromatic nitrogens is 2. The summed E-state index contributed by atoms with van der Waals surface area (Å²) in [5, 5.41) is 0. The van der Waals surface area contributed by atoms with E-state index in [-0.39, 0.29) is 11.4 Å². The van der Waals surface area contributed by atoms with E-state index in [9.17, 15) is 13.6 Å². The summed E-state index contributed by atoms with van der Waals surface area (Å²) in [6.45, 7) is 4.57. The Kier molecular flexibility index (Phi) is 7.84. The van der Waals surface area contributed by atoms with E-state index in [0.717, 1.165) is 23.8 Å². The van der Waals surface area contributed by atoms with Crippen molar-refractivity contribution in [2.24, 2.45) is 0 Å². The normalized spacial score (nSPS) is 10.3. The number of nitrogens with zero attached hydrogens (tertiary/aromatic N) is 1. The van der Waals surface area contributed by atoms with E-state index in [1.807, 2.05) is 20.8 Å². The Morgan fingerprint density at radius 1 is 1.09 bits per heavy atom.